The molecule has 7 heteroatoms. The molecule has 0 fully saturated rings. The quantitative estimate of drug-likeness (QED) is 0.528. The van der Waals surface area contributed by atoms with Gasteiger partial charge in [-0.1, -0.05) is 18.2 Å². The molecule has 0 radical (unpaired) electrons. The summed E-state index contributed by atoms with van der Waals surface area (Å²) in [5.41, 5.74) is 5.73. The van der Waals surface area contributed by atoms with E-state index in [4.69, 9.17) is 5.73 Å². The van der Waals surface area contributed by atoms with E-state index in [9.17, 15) is 19.7 Å². The molecule has 0 heterocycles. The molecule has 0 saturated carbocycles. The van der Waals surface area contributed by atoms with Crippen LogP contribution in [-0.2, 0) is 4.74 Å². The lowest BCUT2D eigenvalue weighted by Crippen LogP contribution is -2.12. The van der Waals surface area contributed by atoms with E-state index < -0.39 is 16.8 Å². The number of ether oxygens (including phenoxy) is 1. The van der Waals surface area contributed by atoms with Crippen LogP contribution in [0.15, 0.2) is 42.5 Å². The van der Waals surface area contributed by atoms with Crippen LogP contribution in [0.2, 0.25) is 0 Å². The number of hydrogen-bond donors (Lipinski definition) is 1. The molecular formula is C15H12N2O5. The maximum atomic E-state index is 11.5. The number of nitrogens with zero attached hydrogens (tertiary/aromatic N) is 1. The lowest BCUT2D eigenvalue weighted by atomic mass is 9.96. The fourth-order valence-electron chi connectivity index (χ4n) is 2.09. The van der Waals surface area contributed by atoms with Crippen LogP contribution >= 0.6 is 0 Å². The minimum atomic E-state index is -0.693. The first kappa shape index (κ1) is 15.2. The standard InChI is InChI=1S/C15H12N2O5/c1-22-15(19)9-6-7-11(13(8-9)17(20)21)10-4-2-3-5-12(10)14(16)18/h2-8H,1H3,(H2,16,18). The number of benzene rings is 2. The van der Waals surface area contributed by atoms with E-state index in [1.807, 2.05) is 0 Å². The molecule has 0 saturated heterocycles. The van der Waals surface area contributed by atoms with E-state index in [1.165, 1.54) is 25.3 Å². The summed E-state index contributed by atoms with van der Waals surface area (Å²) >= 11 is 0. The highest BCUT2D eigenvalue weighted by Gasteiger charge is 2.21. The van der Waals surface area contributed by atoms with E-state index in [2.05, 4.69) is 4.74 Å². The smallest absolute Gasteiger partial charge is 0.338 e. The second-order valence-electron chi connectivity index (χ2n) is 4.39. The Morgan fingerprint density at radius 3 is 2.41 bits per heavy atom. The molecule has 112 valence electrons. The zero-order valence-corrected chi connectivity index (χ0v) is 11.6. The largest absolute Gasteiger partial charge is 0.465 e. The second-order valence-corrected chi connectivity index (χ2v) is 4.39. The summed E-state index contributed by atoms with van der Waals surface area (Å²) < 4.78 is 4.54. The number of rotatable bonds is 4. The van der Waals surface area contributed by atoms with Gasteiger partial charge >= 0.3 is 5.97 Å². The van der Waals surface area contributed by atoms with Crippen LogP contribution in [0.1, 0.15) is 20.7 Å². The van der Waals surface area contributed by atoms with Crippen LogP contribution in [-0.4, -0.2) is 23.9 Å². The Balaban J connectivity index is 2.69. The molecule has 7 nitrogen and oxygen atoms in total. The van der Waals surface area contributed by atoms with Crippen molar-refractivity contribution in [1.29, 1.82) is 0 Å². The second kappa shape index (κ2) is 6.04. The third kappa shape index (κ3) is 2.78. The molecule has 0 unspecified atom stereocenters. The Hall–Kier alpha value is -3.22. The summed E-state index contributed by atoms with van der Waals surface area (Å²) in [6.07, 6.45) is 0. The highest BCUT2D eigenvalue weighted by Crippen LogP contribution is 2.33. The number of hydrogen-bond acceptors (Lipinski definition) is 5. The van der Waals surface area contributed by atoms with Crippen LogP contribution in [0.3, 0.4) is 0 Å². The number of amides is 1. The lowest BCUT2D eigenvalue weighted by molar-refractivity contribution is -0.384. The highest BCUT2D eigenvalue weighted by molar-refractivity contribution is 6.01. The van der Waals surface area contributed by atoms with Gasteiger partial charge in [0.15, 0.2) is 0 Å². The van der Waals surface area contributed by atoms with Gasteiger partial charge in [0.2, 0.25) is 5.91 Å². The number of methoxy groups -OCH3 is 1. The number of carbonyl (C=O) groups is 2. The van der Waals surface area contributed by atoms with Crippen molar-refractivity contribution in [2.24, 2.45) is 5.73 Å². The molecule has 2 rings (SSSR count). The Morgan fingerprint density at radius 1 is 1.14 bits per heavy atom. The van der Waals surface area contributed by atoms with Crippen LogP contribution in [0.5, 0.6) is 0 Å². The van der Waals surface area contributed by atoms with Crippen molar-refractivity contribution in [3.05, 3.63) is 63.7 Å². The van der Waals surface area contributed by atoms with Crippen molar-refractivity contribution in [2.45, 2.75) is 0 Å². The minimum absolute atomic E-state index is 0.0505. The van der Waals surface area contributed by atoms with E-state index in [0.717, 1.165) is 6.07 Å². The van der Waals surface area contributed by atoms with Crippen molar-refractivity contribution >= 4 is 17.6 Å². The Bertz CT molecular complexity index is 770. The van der Waals surface area contributed by atoms with Gasteiger partial charge < -0.3 is 10.5 Å². The van der Waals surface area contributed by atoms with Crippen LogP contribution < -0.4 is 5.73 Å². The van der Waals surface area contributed by atoms with Gasteiger partial charge in [0.25, 0.3) is 5.69 Å². The van der Waals surface area contributed by atoms with Gasteiger partial charge in [-0.25, -0.2) is 4.79 Å². The number of esters is 1. The summed E-state index contributed by atoms with van der Waals surface area (Å²) in [5, 5.41) is 11.3. The van der Waals surface area contributed by atoms with E-state index in [0.29, 0.717) is 5.56 Å². The van der Waals surface area contributed by atoms with E-state index >= 15 is 0 Å². The molecule has 0 aromatic heterocycles. The van der Waals surface area contributed by atoms with Gasteiger partial charge in [-0.3, -0.25) is 14.9 Å². The van der Waals surface area contributed by atoms with Gasteiger partial charge in [0, 0.05) is 17.2 Å². The number of nitro benzene ring substituents is 1. The van der Waals surface area contributed by atoms with Crippen molar-refractivity contribution in [3.63, 3.8) is 0 Å². The molecule has 0 aliphatic rings. The first-order chi connectivity index (χ1) is 10.5. The van der Waals surface area contributed by atoms with Gasteiger partial charge in [0.1, 0.15) is 0 Å². The van der Waals surface area contributed by atoms with Crippen molar-refractivity contribution < 1.29 is 19.2 Å². The SMILES string of the molecule is COC(=O)c1ccc(-c2ccccc2C(N)=O)c([N+](=O)[O-])c1. The molecule has 22 heavy (non-hydrogen) atoms. The van der Waals surface area contributed by atoms with Crippen molar-refractivity contribution in [2.75, 3.05) is 7.11 Å². The highest BCUT2D eigenvalue weighted by atomic mass is 16.6. The Morgan fingerprint density at radius 2 is 1.82 bits per heavy atom. The monoisotopic (exact) mass is 300 g/mol. The lowest BCUT2D eigenvalue weighted by Gasteiger charge is -2.08. The number of nitro groups is 1. The maximum Gasteiger partial charge on any atom is 0.338 e. The molecular weight excluding hydrogens is 288 g/mol. The predicted molar refractivity (Wildman–Crippen MR) is 78.4 cm³/mol. The van der Waals surface area contributed by atoms with Gasteiger partial charge in [-0.15, -0.1) is 0 Å². The average Bonchev–Trinajstić information content (AvgIpc) is 2.53. The summed E-state index contributed by atoms with van der Waals surface area (Å²) in [5.74, 6) is -1.38. The van der Waals surface area contributed by atoms with Crippen LogP contribution in [0.25, 0.3) is 11.1 Å². The van der Waals surface area contributed by atoms with E-state index in [1.54, 1.807) is 18.2 Å². The van der Waals surface area contributed by atoms with E-state index in [-0.39, 0.29) is 22.4 Å². The first-order valence-corrected chi connectivity index (χ1v) is 6.21. The van der Waals surface area contributed by atoms with Gasteiger partial charge in [-0.05, 0) is 18.2 Å². The number of nitrogens with two attached hydrogens (primary N) is 1. The normalized spacial score (nSPS) is 10.0. The molecule has 1 amide bonds. The number of primary amides is 1. The third-order valence-electron chi connectivity index (χ3n) is 3.10. The number of carbonyl (C=O) groups excluding carboxylic acids is 2. The van der Waals surface area contributed by atoms with Crippen molar-refractivity contribution in [3.8, 4) is 11.1 Å². The zero-order chi connectivity index (χ0) is 16.3. The van der Waals surface area contributed by atoms with Crippen LogP contribution in [0.4, 0.5) is 5.69 Å². The average molecular weight is 300 g/mol. The Labute approximate surface area is 125 Å². The summed E-state index contributed by atoms with van der Waals surface area (Å²) in [7, 11) is 1.18. The molecule has 2 aromatic rings. The summed E-state index contributed by atoms with van der Waals surface area (Å²) in [6.45, 7) is 0. The van der Waals surface area contributed by atoms with Gasteiger partial charge in [0.05, 0.1) is 23.2 Å². The molecule has 0 aliphatic carbocycles. The zero-order valence-electron chi connectivity index (χ0n) is 11.6. The maximum absolute atomic E-state index is 11.5. The predicted octanol–water partition coefficient (Wildman–Crippen LogP) is 2.15. The topological polar surface area (TPSA) is 113 Å². The third-order valence-corrected chi connectivity index (χ3v) is 3.10. The summed E-state index contributed by atoms with van der Waals surface area (Å²) in [6, 6.07) is 10.2. The molecule has 2 N–H and O–H groups in total. The fourth-order valence-corrected chi connectivity index (χ4v) is 2.09. The van der Waals surface area contributed by atoms with Crippen LogP contribution in [0, 0.1) is 10.1 Å². The first-order valence-electron chi connectivity index (χ1n) is 6.21. The minimum Gasteiger partial charge on any atom is -0.465 e. The molecule has 0 aliphatic heterocycles. The molecule has 0 bridgehead atoms. The molecule has 2 aromatic carbocycles. The summed E-state index contributed by atoms with van der Waals surface area (Å²) in [4.78, 5) is 33.6. The van der Waals surface area contributed by atoms with Crippen molar-refractivity contribution in [1.82, 2.24) is 0 Å². The molecule has 0 atom stereocenters. The fraction of sp³-hybridized carbons (Fsp3) is 0.0667. The Kier molecular flexibility index (Phi) is 4.17. The van der Waals surface area contributed by atoms with Gasteiger partial charge in [-0.2, -0.15) is 0 Å². The molecule has 0 spiro atoms.